The van der Waals surface area contributed by atoms with E-state index in [4.69, 9.17) is 4.52 Å². The predicted octanol–water partition coefficient (Wildman–Crippen LogP) is 1.88. The van der Waals surface area contributed by atoms with Crippen molar-refractivity contribution in [2.45, 2.75) is 19.4 Å². The Balaban J connectivity index is 1.64. The Bertz CT molecular complexity index is 794. The molecule has 7 nitrogen and oxygen atoms in total. The quantitative estimate of drug-likeness (QED) is 0.777. The Morgan fingerprint density at radius 2 is 2.13 bits per heavy atom. The highest BCUT2D eigenvalue weighted by atomic mass is 16.5. The third kappa shape index (κ3) is 3.63. The van der Waals surface area contributed by atoms with Crippen LogP contribution in [0.4, 0.5) is 0 Å². The van der Waals surface area contributed by atoms with Crippen LogP contribution in [0.3, 0.4) is 0 Å². The fourth-order valence-electron chi connectivity index (χ4n) is 2.17. The van der Waals surface area contributed by atoms with Crippen molar-refractivity contribution in [2.24, 2.45) is 7.05 Å². The summed E-state index contributed by atoms with van der Waals surface area (Å²) in [5, 5.41) is 10.7. The maximum Gasteiger partial charge on any atom is 0.255 e. The van der Waals surface area contributed by atoms with Crippen LogP contribution in [0, 0.1) is 0 Å². The third-order valence-electron chi connectivity index (χ3n) is 3.38. The molecule has 3 rings (SSSR count). The molecule has 118 valence electrons. The highest BCUT2D eigenvalue weighted by molar-refractivity contribution is 5.93. The molecule has 1 aromatic carbocycles. The fourth-order valence-corrected chi connectivity index (χ4v) is 2.17. The van der Waals surface area contributed by atoms with Gasteiger partial charge in [-0.2, -0.15) is 10.1 Å². The van der Waals surface area contributed by atoms with Crippen LogP contribution in [0.1, 0.15) is 40.6 Å². The Kier molecular flexibility index (Phi) is 4.18. The van der Waals surface area contributed by atoms with Gasteiger partial charge in [-0.1, -0.05) is 35.5 Å². The monoisotopic (exact) mass is 311 g/mol. The van der Waals surface area contributed by atoms with Crippen LogP contribution in [0.15, 0.2) is 47.2 Å². The summed E-state index contributed by atoms with van der Waals surface area (Å²) in [6, 6.07) is 9.52. The normalized spacial score (nSPS) is 12.1. The summed E-state index contributed by atoms with van der Waals surface area (Å²) in [6.45, 7) is 1.81. The number of nitrogens with one attached hydrogen (secondary N) is 1. The SMILES string of the molecule is C[C@H](NC(=O)c1cnn(C)c1)c1noc(Cc2ccccc2)n1. The van der Waals surface area contributed by atoms with Crippen molar-refractivity contribution in [3.8, 4) is 0 Å². The van der Waals surface area contributed by atoms with E-state index in [1.54, 1.807) is 17.9 Å². The fraction of sp³-hybridized carbons (Fsp3) is 0.250. The zero-order chi connectivity index (χ0) is 16.2. The van der Waals surface area contributed by atoms with Gasteiger partial charge in [0, 0.05) is 13.2 Å². The molecule has 23 heavy (non-hydrogen) atoms. The molecule has 0 spiro atoms. The summed E-state index contributed by atoms with van der Waals surface area (Å²) >= 11 is 0. The molecular formula is C16H17N5O2. The number of rotatable bonds is 5. The summed E-state index contributed by atoms with van der Waals surface area (Å²) in [7, 11) is 1.76. The molecule has 0 aliphatic heterocycles. The number of aryl methyl sites for hydroxylation is 1. The van der Waals surface area contributed by atoms with E-state index in [1.807, 2.05) is 37.3 Å². The summed E-state index contributed by atoms with van der Waals surface area (Å²) in [4.78, 5) is 16.4. The molecule has 2 heterocycles. The Hall–Kier alpha value is -2.96. The van der Waals surface area contributed by atoms with E-state index in [9.17, 15) is 4.79 Å². The van der Waals surface area contributed by atoms with Gasteiger partial charge in [0.15, 0.2) is 5.82 Å². The molecule has 2 aromatic heterocycles. The minimum atomic E-state index is -0.351. The van der Waals surface area contributed by atoms with Gasteiger partial charge in [-0.25, -0.2) is 0 Å². The largest absolute Gasteiger partial charge is 0.342 e. The van der Waals surface area contributed by atoms with E-state index in [2.05, 4.69) is 20.6 Å². The number of hydrogen-bond acceptors (Lipinski definition) is 5. The van der Waals surface area contributed by atoms with Gasteiger partial charge in [0.05, 0.1) is 24.2 Å². The second kappa shape index (κ2) is 6.43. The van der Waals surface area contributed by atoms with Gasteiger partial charge < -0.3 is 9.84 Å². The molecular weight excluding hydrogens is 294 g/mol. The first-order valence-corrected chi connectivity index (χ1v) is 7.28. The number of carbonyl (C=O) groups excluding carboxylic acids is 1. The van der Waals surface area contributed by atoms with Crippen molar-refractivity contribution in [1.82, 2.24) is 25.2 Å². The molecule has 0 saturated heterocycles. The lowest BCUT2D eigenvalue weighted by atomic mass is 10.1. The summed E-state index contributed by atoms with van der Waals surface area (Å²) in [5.74, 6) is 0.752. The molecule has 0 saturated carbocycles. The van der Waals surface area contributed by atoms with Crippen LogP contribution in [-0.2, 0) is 13.5 Å². The Morgan fingerprint density at radius 1 is 1.35 bits per heavy atom. The molecule has 0 fully saturated rings. The number of aromatic nitrogens is 4. The first-order chi connectivity index (χ1) is 11.1. The molecule has 1 atom stereocenters. The summed E-state index contributed by atoms with van der Waals surface area (Å²) in [5.41, 5.74) is 1.59. The van der Waals surface area contributed by atoms with Gasteiger partial charge in [-0.3, -0.25) is 9.48 Å². The summed E-state index contributed by atoms with van der Waals surface area (Å²) in [6.07, 6.45) is 3.73. The molecule has 0 unspecified atom stereocenters. The number of hydrogen-bond donors (Lipinski definition) is 1. The van der Waals surface area contributed by atoms with E-state index < -0.39 is 0 Å². The minimum absolute atomic E-state index is 0.222. The number of amides is 1. The zero-order valence-electron chi connectivity index (χ0n) is 12.9. The van der Waals surface area contributed by atoms with Crippen molar-refractivity contribution < 1.29 is 9.32 Å². The van der Waals surface area contributed by atoms with Gasteiger partial charge in [0.1, 0.15) is 0 Å². The van der Waals surface area contributed by atoms with E-state index >= 15 is 0 Å². The zero-order valence-corrected chi connectivity index (χ0v) is 12.9. The van der Waals surface area contributed by atoms with E-state index in [-0.39, 0.29) is 11.9 Å². The molecule has 7 heteroatoms. The number of benzene rings is 1. The van der Waals surface area contributed by atoms with Crippen molar-refractivity contribution >= 4 is 5.91 Å². The first kappa shape index (κ1) is 15.0. The van der Waals surface area contributed by atoms with Crippen LogP contribution in [-0.4, -0.2) is 25.8 Å². The van der Waals surface area contributed by atoms with Gasteiger partial charge in [-0.05, 0) is 12.5 Å². The van der Waals surface area contributed by atoms with E-state index in [0.717, 1.165) is 5.56 Å². The van der Waals surface area contributed by atoms with E-state index in [0.29, 0.717) is 23.7 Å². The molecule has 3 aromatic rings. The van der Waals surface area contributed by atoms with Crippen LogP contribution < -0.4 is 5.32 Å². The van der Waals surface area contributed by atoms with Crippen LogP contribution in [0.2, 0.25) is 0 Å². The van der Waals surface area contributed by atoms with Crippen LogP contribution >= 0.6 is 0 Å². The second-order valence-electron chi connectivity index (χ2n) is 5.31. The number of nitrogens with zero attached hydrogens (tertiary/aromatic N) is 4. The lowest BCUT2D eigenvalue weighted by Gasteiger charge is -2.08. The van der Waals surface area contributed by atoms with Crippen molar-refractivity contribution in [3.63, 3.8) is 0 Å². The van der Waals surface area contributed by atoms with E-state index in [1.165, 1.54) is 6.20 Å². The van der Waals surface area contributed by atoms with Crippen molar-refractivity contribution in [3.05, 3.63) is 65.6 Å². The maximum atomic E-state index is 12.1. The lowest BCUT2D eigenvalue weighted by Crippen LogP contribution is -2.27. The van der Waals surface area contributed by atoms with Crippen LogP contribution in [0.5, 0.6) is 0 Å². The first-order valence-electron chi connectivity index (χ1n) is 7.28. The molecule has 1 N–H and O–H groups in total. The van der Waals surface area contributed by atoms with Gasteiger partial charge in [0.25, 0.3) is 5.91 Å². The second-order valence-corrected chi connectivity index (χ2v) is 5.31. The van der Waals surface area contributed by atoms with Gasteiger partial charge in [-0.15, -0.1) is 0 Å². The average Bonchev–Trinajstić information content (AvgIpc) is 3.17. The van der Waals surface area contributed by atoms with Crippen LogP contribution in [0.25, 0.3) is 0 Å². The predicted molar refractivity (Wildman–Crippen MR) is 82.6 cm³/mol. The molecule has 0 aliphatic rings. The smallest absolute Gasteiger partial charge is 0.255 e. The van der Waals surface area contributed by atoms with Crippen molar-refractivity contribution in [2.75, 3.05) is 0 Å². The molecule has 1 amide bonds. The molecule has 0 aliphatic carbocycles. The summed E-state index contributed by atoms with van der Waals surface area (Å²) < 4.78 is 6.83. The van der Waals surface area contributed by atoms with Gasteiger partial charge >= 0.3 is 0 Å². The highest BCUT2D eigenvalue weighted by Gasteiger charge is 2.17. The number of carbonyl (C=O) groups is 1. The third-order valence-corrected chi connectivity index (χ3v) is 3.38. The Morgan fingerprint density at radius 3 is 2.83 bits per heavy atom. The average molecular weight is 311 g/mol. The minimum Gasteiger partial charge on any atom is -0.342 e. The molecule has 0 bridgehead atoms. The topological polar surface area (TPSA) is 85.8 Å². The standard InChI is InChI=1S/C16H17N5O2/c1-11(18-16(22)13-9-17-21(2)10-13)15-19-14(23-20-15)8-12-6-4-3-5-7-12/h3-7,9-11H,8H2,1-2H3,(H,18,22)/t11-/m0/s1. The lowest BCUT2D eigenvalue weighted by molar-refractivity contribution is 0.0938. The highest BCUT2D eigenvalue weighted by Crippen LogP contribution is 2.12. The molecule has 0 radical (unpaired) electrons. The Labute approximate surface area is 133 Å². The maximum absolute atomic E-state index is 12.1. The van der Waals surface area contributed by atoms with Gasteiger partial charge in [0.2, 0.25) is 5.89 Å². The van der Waals surface area contributed by atoms with Crippen molar-refractivity contribution in [1.29, 1.82) is 0 Å².